The number of carbonyl (C=O) groups excluding carboxylic acids is 2. The van der Waals surface area contributed by atoms with Gasteiger partial charge >= 0.3 is 0 Å². The largest absolute Gasteiger partial charge is 0.340 e. The van der Waals surface area contributed by atoms with Gasteiger partial charge in [0.25, 0.3) is 11.8 Å². The third-order valence-corrected chi connectivity index (χ3v) is 7.47. The van der Waals surface area contributed by atoms with Crippen molar-refractivity contribution >= 4 is 17.5 Å². The number of carbonyl (C=O) groups is 2. The fourth-order valence-electron chi connectivity index (χ4n) is 5.34. The smallest absolute Gasteiger partial charge is 0.270 e. The molecule has 39 heavy (non-hydrogen) atoms. The summed E-state index contributed by atoms with van der Waals surface area (Å²) in [7, 11) is 5.94. The molecule has 0 fully saturated rings. The van der Waals surface area contributed by atoms with Crippen molar-refractivity contribution in [3.8, 4) is 11.1 Å². The molecule has 1 aliphatic heterocycles. The molecule has 200 valence electrons. The van der Waals surface area contributed by atoms with Crippen LogP contribution < -0.4 is 4.90 Å². The van der Waals surface area contributed by atoms with Crippen LogP contribution in [-0.2, 0) is 13.1 Å². The third kappa shape index (κ3) is 5.52. The molecule has 0 spiro atoms. The van der Waals surface area contributed by atoms with E-state index in [0.29, 0.717) is 30.9 Å². The van der Waals surface area contributed by atoms with Gasteiger partial charge in [-0.25, -0.2) is 0 Å². The van der Waals surface area contributed by atoms with E-state index in [1.165, 1.54) is 0 Å². The molecular formula is C33H36N4O2. The Morgan fingerprint density at radius 3 is 2.31 bits per heavy atom. The fraction of sp³-hybridized carbons (Fsp3) is 0.273. The van der Waals surface area contributed by atoms with Crippen molar-refractivity contribution in [3.05, 3.63) is 113 Å². The SMILES string of the molecule is Cc1cc(C(=O)N2Cc3ccc(C(=O)N(C)CCCN(C)C)n3Cc3ccccc32)ccc1-c1ccccc1. The molecule has 0 saturated carbocycles. The van der Waals surface area contributed by atoms with Crippen molar-refractivity contribution in [1.82, 2.24) is 14.4 Å². The van der Waals surface area contributed by atoms with Crippen molar-refractivity contribution < 1.29 is 9.59 Å². The summed E-state index contributed by atoms with van der Waals surface area (Å²) in [6.45, 7) is 4.61. The summed E-state index contributed by atoms with van der Waals surface area (Å²) < 4.78 is 2.07. The van der Waals surface area contributed by atoms with Gasteiger partial charge in [0.2, 0.25) is 0 Å². The Hall–Kier alpha value is -4.16. The van der Waals surface area contributed by atoms with Gasteiger partial charge in [0.05, 0.1) is 13.1 Å². The van der Waals surface area contributed by atoms with Crippen LogP contribution >= 0.6 is 0 Å². The number of anilines is 1. The van der Waals surface area contributed by atoms with Gasteiger partial charge in [-0.15, -0.1) is 0 Å². The van der Waals surface area contributed by atoms with Crippen LogP contribution in [0.25, 0.3) is 11.1 Å². The number of aryl methyl sites for hydroxylation is 1. The van der Waals surface area contributed by atoms with Crippen LogP contribution in [0.4, 0.5) is 5.69 Å². The molecule has 0 unspecified atom stereocenters. The summed E-state index contributed by atoms with van der Waals surface area (Å²) in [5.41, 5.74) is 7.47. The monoisotopic (exact) mass is 520 g/mol. The molecule has 1 aromatic heterocycles. The average Bonchev–Trinajstić information content (AvgIpc) is 3.25. The van der Waals surface area contributed by atoms with Crippen LogP contribution in [0.5, 0.6) is 0 Å². The molecule has 0 bridgehead atoms. The number of amides is 2. The van der Waals surface area contributed by atoms with Gasteiger partial charge in [0, 0.05) is 30.5 Å². The van der Waals surface area contributed by atoms with Crippen LogP contribution in [0.15, 0.2) is 84.9 Å². The summed E-state index contributed by atoms with van der Waals surface area (Å²) in [5, 5.41) is 0. The first-order chi connectivity index (χ1) is 18.8. The van der Waals surface area contributed by atoms with Gasteiger partial charge in [0.1, 0.15) is 5.69 Å². The normalized spacial score (nSPS) is 12.6. The Labute approximate surface area is 231 Å². The molecule has 0 saturated heterocycles. The Morgan fingerprint density at radius 1 is 0.821 bits per heavy atom. The lowest BCUT2D eigenvalue weighted by Gasteiger charge is -2.23. The number of benzene rings is 3. The zero-order valence-electron chi connectivity index (χ0n) is 23.2. The highest BCUT2D eigenvalue weighted by molar-refractivity contribution is 6.07. The van der Waals surface area contributed by atoms with E-state index in [-0.39, 0.29) is 11.8 Å². The van der Waals surface area contributed by atoms with Crippen LogP contribution in [-0.4, -0.2) is 60.4 Å². The molecule has 0 aliphatic carbocycles. The van der Waals surface area contributed by atoms with Gasteiger partial charge in [-0.3, -0.25) is 9.59 Å². The second-order valence-electron chi connectivity index (χ2n) is 10.6. The number of para-hydroxylation sites is 1. The molecule has 5 rings (SSSR count). The lowest BCUT2D eigenvalue weighted by molar-refractivity contribution is 0.0780. The number of rotatable bonds is 7. The molecule has 6 heteroatoms. The van der Waals surface area contributed by atoms with Crippen molar-refractivity contribution in [1.29, 1.82) is 0 Å². The van der Waals surface area contributed by atoms with E-state index in [2.05, 4.69) is 21.6 Å². The van der Waals surface area contributed by atoms with Crippen molar-refractivity contribution in [2.45, 2.75) is 26.4 Å². The lowest BCUT2D eigenvalue weighted by atomic mass is 9.98. The van der Waals surface area contributed by atoms with E-state index in [1.807, 2.05) is 106 Å². The summed E-state index contributed by atoms with van der Waals surface area (Å²) >= 11 is 0. The van der Waals surface area contributed by atoms with Crippen molar-refractivity contribution in [3.63, 3.8) is 0 Å². The maximum Gasteiger partial charge on any atom is 0.270 e. The zero-order valence-corrected chi connectivity index (χ0v) is 23.2. The molecule has 3 aromatic carbocycles. The number of nitrogens with zero attached hydrogens (tertiary/aromatic N) is 4. The van der Waals surface area contributed by atoms with Gasteiger partial charge in [0.15, 0.2) is 0 Å². The minimum absolute atomic E-state index is 0.00406. The minimum Gasteiger partial charge on any atom is -0.340 e. The van der Waals surface area contributed by atoms with Gasteiger partial charge in [-0.2, -0.15) is 0 Å². The van der Waals surface area contributed by atoms with E-state index in [4.69, 9.17) is 0 Å². The quantitative estimate of drug-likeness (QED) is 0.314. The number of fused-ring (bicyclic) bond motifs is 2. The maximum atomic E-state index is 14.0. The molecule has 0 N–H and O–H groups in total. The Balaban J connectivity index is 1.44. The van der Waals surface area contributed by atoms with Crippen LogP contribution in [0.1, 0.15) is 44.1 Å². The Morgan fingerprint density at radius 2 is 1.56 bits per heavy atom. The number of hydrogen-bond acceptors (Lipinski definition) is 3. The van der Waals surface area contributed by atoms with Gasteiger partial charge < -0.3 is 19.3 Å². The Bertz CT molecular complexity index is 1490. The average molecular weight is 521 g/mol. The molecule has 6 nitrogen and oxygen atoms in total. The van der Waals surface area contributed by atoms with Crippen molar-refractivity contribution in [2.75, 3.05) is 39.1 Å². The molecule has 4 aromatic rings. The predicted octanol–water partition coefficient (Wildman–Crippen LogP) is 5.70. The van der Waals surface area contributed by atoms with E-state index >= 15 is 0 Å². The van der Waals surface area contributed by atoms with E-state index in [0.717, 1.165) is 46.6 Å². The van der Waals surface area contributed by atoms with E-state index < -0.39 is 0 Å². The highest BCUT2D eigenvalue weighted by Crippen LogP contribution is 2.32. The van der Waals surface area contributed by atoms with Crippen molar-refractivity contribution in [2.24, 2.45) is 0 Å². The molecular weight excluding hydrogens is 484 g/mol. The lowest BCUT2D eigenvalue weighted by Crippen LogP contribution is -2.32. The first kappa shape index (κ1) is 26.4. The second kappa shape index (κ2) is 11.3. The maximum absolute atomic E-state index is 14.0. The molecule has 2 amide bonds. The molecule has 0 atom stereocenters. The molecule has 1 aliphatic rings. The first-order valence-corrected chi connectivity index (χ1v) is 13.5. The van der Waals surface area contributed by atoms with E-state index in [1.54, 1.807) is 4.90 Å². The number of aromatic nitrogens is 1. The predicted molar refractivity (Wildman–Crippen MR) is 157 cm³/mol. The van der Waals surface area contributed by atoms with Crippen LogP contribution in [0.3, 0.4) is 0 Å². The van der Waals surface area contributed by atoms with Crippen LogP contribution in [0.2, 0.25) is 0 Å². The van der Waals surface area contributed by atoms with Crippen LogP contribution in [0, 0.1) is 6.92 Å². The van der Waals surface area contributed by atoms with E-state index in [9.17, 15) is 9.59 Å². The zero-order chi connectivity index (χ0) is 27.5. The topological polar surface area (TPSA) is 48.8 Å². The summed E-state index contributed by atoms with van der Waals surface area (Å²) in [6, 6.07) is 28.0. The highest BCUT2D eigenvalue weighted by Gasteiger charge is 2.28. The second-order valence-corrected chi connectivity index (χ2v) is 10.6. The van der Waals surface area contributed by atoms with Gasteiger partial charge in [-0.05, 0) is 86.6 Å². The molecule has 0 radical (unpaired) electrons. The summed E-state index contributed by atoms with van der Waals surface area (Å²) in [4.78, 5) is 33.2. The van der Waals surface area contributed by atoms with Gasteiger partial charge in [-0.1, -0.05) is 54.6 Å². The third-order valence-electron chi connectivity index (χ3n) is 7.47. The first-order valence-electron chi connectivity index (χ1n) is 13.5. The fourth-order valence-corrected chi connectivity index (χ4v) is 5.34. The standard InChI is InChI=1S/C33H36N4O2/c1-24-21-26(15-17-29(24)25-11-6-5-7-12-25)32(38)37-23-28-16-18-31(33(39)35(4)20-10-19-34(2)3)36(28)22-27-13-8-9-14-30(27)37/h5-9,11-18,21H,10,19-20,22-23H2,1-4H3. The number of hydrogen-bond donors (Lipinski definition) is 0. The highest BCUT2D eigenvalue weighted by atomic mass is 16.2. The summed E-state index contributed by atoms with van der Waals surface area (Å²) in [5.74, 6) is -0.0436. The summed E-state index contributed by atoms with van der Waals surface area (Å²) in [6.07, 6.45) is 0.913. The molecule has 2 heterocycles. The minimum atomic E-state index is -0.0477. The Kier molecular flexibility index (Phi) is 7.66.